The van der Waals surface area contributed by atoms with Crippen LogP contribution in [0.2, 0.25) is 0 Å². The third-order valence-electron chi connectivity index (χ3n) is 2.99. The van der Waals surface area contributed by atoms with E-state index < -0.39 is 0 Å². The molecule has 3 aromatic carbocycles. The molecule has 0 aliphatic carbocycles. The Morgan fingerprint density at radius 1 is 0.632 bits per heavy atom. The van der Waals surface area contributed by atoms with Crippen LogP contribution in [0.5, 0.6) is 0 Å². The van der Waals surface area contributed by atoms with Gasteiger partial charge in [-0.2, -0.15) is 0 Å². The van der Waals surface area contributed by atoms with Crippen LogP contribution in [0.15, 0.2) is 66.7 Å². The van der Waals surface area contributed by atoms with Crippen molar-refractivity contribution >= 4 is 16.5 Å². The van der Waals surface area contributed by atoms with Gasteiger partial charge in [0, 0.05) is 16.8 Å². The van der Waals surface area contributed by atoms with Gasteiger partial charge in [-0.25, -0.2) is 0 Å². The summed E-state index contributed by atoms with van der Waals surface area (Å²) in [5.74, 6) is 6.31. The Hall–Kier alpha value is -2.72. The standard InChI is InChI=1S/C18H13N/c19-18-7-3-4-14(13-18)8-9-15-10-11-16-5-1-2-6-17(16)12-15/h1-7,10-13H,19H2. The topological polar surface area (TPSA) is 26.0 Å². The molecule has 3 rings (SSSR count). The van der Waals surface area contributed by atoms with Crippen molar-refractivity contribution in [3.05, 3.63) is 77.9 Å². The number of nitrogen functional groups attached to an aromatic ring is 1. The summed E-state index contributed by atoms with van der Waals surface area (Å²) < 4.78 is 0. The summed E-state index contributed by atoms with van der Waals surface area (Å²) in [6.45, 7) is 0. The van der Waals surface area contributed by atoms with Crippen LogP contribution in [0.1, 0.15) is 11.1 Å². The first kappa shape index (κ1) is 11.4. The van der Waals surface area contributed by atoms with E-state index in [1.54, 1.807) is 0 Å². The maximum absolute atomic E-state index is 5.73. The normalized spacial score (nSPS) is 9.89. The van der Waals surface area contributed by atoms with Crippen molar-refractivity contribution in [2.75, 3.05) is 5.73 Å². The molecule has 0 saturated carbocycles. The van der Waals surface area contributed by atoms with Gasteiger partial charge in [-0.15, -0.1) is 0 Å². The second kappa shape index (κ2) is 4.88. The molecule has 0 aliphatic rings. The molecule has 1 heteroatoms. The summed E-state index contributed by atoms with van der Waals surface area (Å²) in [7, 11) is 0. The third-order valence-corrected chi connectivity index (χ3v) is 2.99. The van der Waals surface area contributed by atoms with Gasteiger partial charge in [0.2, 0.25) is 0 Å². The van der Waals surface area contributed by atoms with Gasteiger partial charge in [-0.3, -0.25) is 0 Å². The number of benzene rings is 3. The summed E-state index contributed by atoms with van der Waals surface area (Å²) >= 11 is 0. The van der Waals surface area contributed by atoms with Gasteiger partial charge in [0.1, 0.15) is 0 Å². The van der Waals surface area contributed by atoms with E-state index in [9.17, 15) is 0 Å². The number of nitrogens with two attached hydrogens (primary N) is 1. The zero-order valence-electron chi connectivity index (χ0n) is 10.4. The molecule has 0 atom stereocenters. The smallest absolute Gasteiger partial charge is 0.0326 e. The molecule has 0 aliphatic heterocycles. The minimum Gasteiger partial charge on any atom is -0.399 e. The van der Waals surface area contributed by atoms with Crippen LogP contribution in [0.25, 0.3) is 10.8 Å². The van der Waals surface area contributed by atoms with Crippen molar-refractivity contribution < 1.29 is 0 Å². The zero-order valence-corrected chi connectivity index (χ0v) is 10.4. The molecule has 90 valence electrons. The van der Waals surface area contributed by atoms with Crippen LogP contribution < -0.4 is 5.73 Å². The lowest BCUT2D eigenvalue weighted by molar-refractivity contribution is 1.63. The minimum absolute atomic E-state index is 0.741. The van der Waals surface area contributed by atoms with Crippen LogP contribution in [0, 0.1) is 11.8 Å². The average molecular weight is 243 g/mol. The highest BCUT2D eigenvalue weighted by atomic mass is 14.5. The van der Waals surface area contributed by atoms with E-state index in [1.165, 1.54) is 10.8 Å². The van der Waals surface area contributed by atoms with Crippen molar-refractivity contribution in [3.8, 4) is 11.8 Å². The summed E-state index contributed by atoms with van der Waals surface area (Å²) in [5.41, 5.74) is 8.43. The maximum atomic E-state index is 5.73. The lowest BCUT2D eigenvalue weighted by atomic mass is 10.1. The molecule has 1 nitrogen and oxygen atoms in total. The van der Waals surface area contributed by atoms with Crippen molar-refractivity contribution in [2.45, 2.75) is 0 Å². The molecule has 3 aromatic rings. The summed E-state index contributed by atoms with van der Waals surface area (Å²) in [4.78, 5) is 0. The fourth-order valence-electron chi connectivity index (χ4n) is 2.03. The van der Waals surface area contributed by atoms with Gasteiger partial charge >= 0.3 is 0 Å². The van der Waals surface area contributed by atoms with Crippen molar-refractivity contribution in [2.24, 2.45) is 0 Å². The van der Waals surface area contributed by atoms with Crippen LogP contribution >= 0.6 is 0 Å². The molecule has 0 spiro atoms. The molecule has 0 heterocycles. The Kier molecular flexibility index (Phi) is 2.92. The van der Waals surface area contributed by atoms with Gasteiger partial charge in [-0.05, 0) is 41.1 Å². The highest BCUT2D eigenvalue weighted by Gasteiger charge is 1.93. The van der Waals surface area contributed by atoms with Crippen molar-refractivity contribution in [1.82, 2.24) is 0 Å². The van der Waals surface area contributed by atoms with E-state index in [1.807, 2.05) is 42.5 Å². The number of anilines is 1. The third kappa shape index (κ3) is 2.59. The fourth-order valence-corrected chi connectivity index (χ4v) is 2.03. The van der Waals surface area contributed by atoms with E-state index in [2.05, 4.69) is 36.1 Å². The fraction of sp³-hybridized carbons (Fsp3) is 0. The Morgan fingerprint density at radius 3 is 2.16 bits per heavy atom. The monoisotopic (exact) mass is 243 g/mol. The van der Waals surface area contributed by atoms with Crippen LogP contribution in [0.4, 0.5) is 5.69 Å². The quantitative estimate of drug-likeness (QED) is 0.471. The second-order valence-corrected chi connectivity index (χ2v) is 4.44. The Balaban J connectivity index is 1.98. The van der Waals surface area contributed by atoms with E-state index in [4.69, 9.17) is 5.73 Å². The van der Waals surface area contributed by atoms with Crippen LogP contribution in [-0.2, 0) is 0 Å². The molecule has 0 unspecified atom stereocenters. The predicted octanol–water partition coefficient (Wildman–Crippen LogP) is 3.82. The molecule has 0 radical (unpaired) electrons. The molecule has 0 bridgehead atoms. The summed E-state index contributed by atoms with van der Waals surface area (Å²) in [6, 6.07) is 22.2. The van der Waals surface area contributed by atoms with E-state index in [0.29, 0.717) is 0 Å². The zero-order chi connectivity index (χ0) is 13.1. The number of rotatable bonds is 0. The second-order valence-electron chi connectivity index (χ2n) is 4.44. The highest BCUT2D eigenvalue weighted by Crippen LogP contribution is 2.15. The molecule has 0 fully saturated rings. The van der Waals surface area contributed by atoms with Crippen LogP contribution in [0.3, 0.4) is 0 Å². The van der Waals surface area contributed by atoms with Crippen molar-refractivity contribution in [3.63, 3.8) is 0 Å². The lowest BCUT2D eigenvalue weighted by Crippen LogP contribution is -1.84. The number of fused-ring (bicyclic) bond motifs is 1. The van der Waals surface area contributed by atoms with Gasteiger partial charge in [0.25, 0.3) is 0 Å². The Morgan fingerprint density at radius 2 is 1.37 bits per heavy atom. The Bertz CT molecular complexity index is 791. The number of hydrogen-bond donors (Lipinski definition) is 1. The van der Waals surface area contributed by atoms with Crippen molar-refractivity contribution in [1.29, 1.82) is 0 Å². The molecule has 0 saturated heterocycles. The molecule has 19 heavy (non-hydrogen) atoms. The lowest BCUT2D eigenvalue weighted by Gasteiger charge is -1.97. The molecule has 0 amide bonds. The summed E-state index contributed by atoms with van der Waals surface area (Å²) in [6.07, 6.45) is 0. The maximum Gasteiger partial charge on any atom is 0.0326 e. The molecular formula is C18H13N. The first-order valence-corrected chi connectivity index (χ1v) is 6.18. The first-order chi connectivity index (χ1) is 9.31. The number of hydrogen-bond acceptors (Lipinski definition) is 1. The average Bonchev–Trinajstić information content (AvgIpc) is 2.45. The van der Waals surface area contributed by atoms with E-state index in [0.717, 1.165) is 16.8 Å². The predicted molar refractivity (Wildman–Crippen MR) is 80.8 cm³/mol. The van der Waals surface area contributed by atoms with Crippen LogP contribution in [-0.4, -0.2) is 0 Å². The molecule has 0 aromatic heterocycles. The largest absolute Gasteiger partial charge is 0.399 e. The molecular weight excluding hydrogens is 230 g/mol. The van der Waals surface area contributed by atoms with Gasteiger partial charge in [0.15, 0.2) is 0 Å². The first-order valence-electron chi connectivity index (χ1n) is 6.18. The van der Waals surface area contributed by atoms with Gasteiger partial charge in [-0.1, -0.05) is 48.2 Å². The summed E-state index contributed by atoms with van der Waals surface area (Å²) in [5, 5.41) is 2.44. The van der Waals surface area contributed by atoms with Gasteiger partial charge < -0.3 is 5.73 Å². The SMILES string of the molecule is Nc1cccc(C#Cc2ccc3ccccc3c2)c1. The highest BCUT2D eigenvalue weighted by molar-refractivity contribution is 5.83. The Labute approximate surface area is 112 Å². The van der Waals surface area contributed by atoms with E-state index in [-0.39, 0.29) is 0 Å². The van der Waals surface area contributed by atoms with Gasteiger partial charge in [0.05, 0.1) is 0 Å². The van der Waals surface area contributed by atoms with E-state index >= 15 is 0 Å². The minimum atomic E-state index is 0.741. The molecule has 2 N–H and O–H groups in total.